The standard InChI is InChI=1S/C27H32N4O/c1-21-28-26-20-30(17-22-9-4-2-5-10-22)15-14-25(26)27(29-21)31(19-24-13-8-16-32-24)18-23-11-6-3-7-12-23/h2-7,9-12,24H,8,13-20H2,1H3/t24-/m1/s1. The largest absolute Gasteiger partial charge is 0.376 e. The van der Waals surface area contributed by atoms with Crippen LogP contribution in [-0.4, -0.2) is 40.7 Å². The number of rotatable bonds is 7. The van der Waals surface area contributed by atoms with Crippen LogP contribution in [0.1, 0.15) is 41.1 Å². The lowest BCUT2D eigenvalue weighted by Crippen LogP contribution is -2.36. The normalized spacial score (nSPS) is 18.5. The van der Waals surface area contributed by atoms with Gasteiger partial charge < -0.3 is 9.64 Å². The van der Waals surface area contributed by atoms with Crippen LogP contribution in [0.15, 0.2) is 60.7 Å². The van der Waals surface area contributed by atoms with Crippen molar-refractivity contribution in [3.8, 4) is 0 Å². The Labute approximate surface area is 191 Å². The Hall–Kier alpha value is -2.76. The number of fused-ring (bicyclic) bond motifs is 1. The van der Waals surface area contributed by atoms with Gasteiger partial charge in [0, 0.05) is 44.9 Å². The average Bonchev–Trinajstić information content (AvgIpc) is 3.32. The van der Waals surface area contributed by atoms with Crippen molar-refractivity contribution in [1.82, 2.24) is 14.9 Å². The average molecular weight is 429 g/mol. The lowest BCUT2D eigenvalue weighted by molar-refractivity contribution is 0.115. The summed E-state index contributed by atoms with van der Waals surface area (Å²) in [5.41, 5.74) is 5.15. The van der Waals surface area contributed by atoms with E-state index in [9.17, 15) is 0 Å². The van der Waals surface area contributed by atoms with Crippen molar-refractivity contribution in [2.75, 3.05) is 24.6 Å². The van der Waals surface area contributed by atoms with Crippen molar-refractivity contribution in [3.05, 3.63) is 88.9 Å². The van der Waals surface area contributed by atoms with Crippen molar-refractivity contribution in [1.29, 1.82) is 0 Å². The Balaban J connectivity index is 1.42. The summed E-state index contributed by atoms with van der Waals surface area (Å²) in [6.07, 6.45) is 3.54. The van der Waals surface area contributed by atoms with E-state index < -0.39 is 0 Å². The molecule has 0 amide bonds. The fraction of sp³-hybridized carbons (Fsp3) is 0.407. The topological polar surface area (TPSA) is 41.5 Å². The van der Waals surface area contributed by atoms with Crippen LogP contribution in [0.4, 0.5) is 5.82 Å². The van der Waals surface area contributed by atoms with Gasteiger partial charge in [0.25, 0.3) is 0 Å². The van der Waals surface area contributed by atoms with Gasteiger partial charge in [-0.1, -0.05) is 60.7 Å². The van der Waals surface area contributed by atoms with Gasteiger partial charge in [-0.05, 0) is 37.3 Å². The minimum atomic E-state index is 0.280. The van der Waals surface area contributed by atoms with E-state index in [0.717, 1.165) is 70.2 Å². The number of aromatic nitrogens is 2. The number of aryl methyl sites for hydroxylation is 1. The molecular formula is C27H32N4O. The fourth-order valence-corrected chi connectivity index (χ4v) is 4.89. The number of hydrogen-bond donors (Lipinski definition) is 0. The van der Waals surface area contributed by atoms with Gasteiger partial charge in [-0.3, -0.25) is 4.90 Å². The predicted molar refractivity (Wildman–Crippen MR) is 127 cm³/mol. The van der Waals surface area contributed by atoms with E-state index in [1.165, 1.54) is 22.4 Å². The summed E-state index contributed by atoms with van der Waals surface area (Å²) in [6.45, 7) is 7.48. The van der Waals surface area contributed by atoms with Crippen LogP contribution >= 0.6 is 0 Å². The van der Waals surface area contributed by atoms with E-state index in [2.05, 4.69) is 70.5 Å². The molecule has 3 heterocycles. The van der Waals surface area contributed by atoms with Crippen molar-refractivity contribution in [2.45, 2.75) is 51.9 Å². The highest BCUT2D eigenvalue weighted by atomic mass is 16.5. The van der Waals surface area contributed by atoms with Gasteiger partial charge in [0.2, 0.25) is 0 Å². The predicted octanol–water partition coefficient (Wildman–Crippen LogP) is 4.53. The highest BCUT2D eigenvalue weighted by molar-refractivity contribution is 5.51. The van der Waals surface area contributed by atoms with E-state index in [1.807, 2.05) is 6.92 Å². The first-order valence-electron chi connectivity index (χ1n) is 11.8. The molecule has 0 bridgehead atoms. The van der Waals surface area contributed by atoms with Gasteiger partial charge in [0.1, 0.15) is 11.6 Å². The molecule has 0 aliphatic carbocycles. The second-order valence-electron chi connectivity index (χ2n) is 8.97. The molecule has 1 aromatic heterocycles. The quantitative estimate of drug-likeness (QED) is 0.553. The van der Waals surface area contributed by atoms with Gasteiger partial charge in [-0.2, -0.15) is 0 Å². The maximum atomic E-state index is 6.01. The summed E-state index contributed by atoms with van der Waals surface area (Å²) in [4.78, 5) is 14.8. The van der Waals surface area contributed by atoms with Crippen LogP contribution in [0.25, 0.3) is 0 Å². The smallest absolute Gasteiger partial charge is 0.136 e. The van der Waals surface area contributed by atoms with Crippen LogP contribution in [0.5, 0.6) is 0 Å². The molecule has 2 aliphatic heterocycles. The fourth-order valence-electron chi connectivity index (χ4n) is 4.89. The number of nitrogens with zero attached hydrogens (tertiary/aromatic N) is 4. The molecular weight excluding hydrogens is 396 g/mol. The third-order valence-corrected chi connectivity index (χ3v) is 6.45. The maximum absolute atomic E-state index is 6.01. The summed E-state index contributed by atoms with van der Waals surface area (Å²) in [5.74, 6) is 1.96. The number of ether oxygens (including phenoxy) is 1. The second kappa shape index (κ2) is 9.80. The van der Waals surface area contributed by atoms with E-state index in [1.54, 1.807) is 0 Å². The van der Waals surface area contributed by atoms with Gasteiger partial charge in [0.15, 0.2) is 0 Å². The molecule has 1 atom stereocenters. The van der Waals surface area contributed by atoms with Crippen molar-refractivity contribution in [3.63, 3.8) is 0 Å². The first-order chi connectivity index (χ1) is 15.7. The van der Waals surface area contributed by atoms with E-state index in [4.69, 9.17) is 14.7 Å². The van der Waals surface area contributed by atoms with Gasteiger partial charge in [0.05, 0.1) is 11.8 Å². The lowest BCUT2D eigenvalue weighted by Gasteiger charge is -2.33. The molecule has 0 N–H and O–H groups in total. The molecule has 5 rings (SSSR count). The van der Waals surface area contributed by atoms with E-state index >= 15 is 0 Å². The Bertz CT molecular complexity index is 1020. The number of anilines is 1. The molecule has 0 radical (unpaired) electrons. The maximum Gasteiger partial charge on any atom is 0.136 e. The first-order valence-corrected chi connectivity index (χ1v) is 11.8. The SMILES string of the molecule is Cc1nc2c(c(N(Cc3ccccc3)C[C@H]3CCCO3)n1)CCN(Cc1ccccc1)C2. The Morgan fingerprint density at radius 1 is 1.00 bits per heavy atom. The molecule has 2 aliphatic rings. The van der Waals surface area contributed by atoms with Gasteiger partial charge in [-0.25, -0.2) is 9.97 Å². The van der Waals surface area contributed by atoms with Crippen LogP contribution in [0.3, 0.4) is 0 Å². The summed E-state index contributed by atoms with van der Waals surface area (Å²) < 4.78 is 6.01. The Kier molecular flexibility index (Phi) is 6.46. The third-order valence-electron chi connectivity index (χ3n) is 6.45. The summed E-state index contributed by atoms with van der Waals surface area (Å²) in [5, 5.41) is 0. The number of hydrogen-bond acceptors (Lipinski definition) is 5. The molecule has 3 aromatic rings. The van der Waals surface area contributed by atoms with Crippen LogP contribution in [0, 0.1) is 6.92 Å². The van der Waals surface area contributed by atoms with Crippen LogP contribution in [0.2, 0.25) is 0 Å². The molecule has 0 unspecified atom stereocenters. The highest BCUT2D eigenvalue weighted by Gasteiger charge is 2.27. The lowest BCUT2D eigenvalue weighted by atomic mass is 10.0. The molecule has 5 heteroatoms. The zero-order valence-electron chi connectivity index (χ0n) is 18.9. The molecule has 166 valence electrons. The van der Waals surface area contributed by atoms with Crippen LogP contribution in [-0.2, 0) is 30.8 Å². The van der Waals surface area contributed by atoms with Gasteiger partial charge in [-0.15, -0.1) is 0 Å². The summed E-state index contributed by atoms with van der Waals surface area (Å²) in [6, 6.07) is 21.4. The third kappa shape index (κ3) is 5.00. The van der Waals surface area contributed by atoms with Crippen molar-refractivity contribution >= 4 is 5.82 Å². The van der Waals surface area contributed by atoms with Crippen LogP contribution < -0.4 is 4.90 Å². The zero-order chi connectivity index (χ0) is 21.8. The first kappa shape index (κ1) is 21.1. The molecule has 2 aromatic carbocycles. The molecule has 1 saturated heterocycles. The Morgan fingerprint density at radius 3 is 2.47 bits per heavy atom. The Morgan fingerprint density at radius 2 is 1.75 bits per heavy atom. The summed E-state index contributed by atoms with van der Waals surface area (Å²) in [7, 11) is 0. The molecule has 1 fully saturated rings. The van der Waals surface area contributed by atoms with Crippen molar-refractivity contribution < 1.29 is 4.74 Å². The molecule has 32 heavy (non-hydrogen) atoms. The molecule has 0 spiro atoms. The number of benzene rings is 2. The van der Waals surface area contributed by atoms with Gasteiger partial charge >= 0.3 is 0 Å². The summed E-state index contributed by atoms with van der Waals surface area (Å²) >= 11 is 0. The highest BCUT2D eigenvalue weighted by Crippen LogP contribution is 2.29. The minimum absolute atomic E-state index is 0.280. The monoisotopic (exact) mass is 428 g/mol. The zero-order valence-corrected chi connectivity index (χ0v) is 18.9. The second-order valence-corrected chi connectivity index (χ2v) is 8.97. The van der Waals surface area contributed by atoms with Crippen molar-refractivity contribution in [2.24, 2.45) is 0 Å². The molecule has 0 saturated carbocycles. The minimum Gasteiger partial charge on any atom is -0.376 e. The van der Waals surface area contributed by atoms with E-state index in [0.29, 0.717) is 0 Å². The van der Waals surface area contributed by atoms with E-state index in [-0.39, 0.29) is 6.10 Å². The molecule has 5 nitrogen and oxygen atoms in total.